The monoisotopic (exact) mass is 509 g/mol. The molecule has 1 aliphatic heterocycles. The van der Waals surface area contributed by atoms with Crippen molar-refractivity contribution in [3.05, 3.63) is 69.7 Å². The van der Waals surface area contributed by atoms with Crippen LogP contribution in [-0.4, -0.2) is 18.2 Å². The molecule has 2 aromatic carbocycles. The number of carbonyl (C=O) groups is 2. The summed E-state index contributed by atoms with van der Waals surface area (Å²) in [6, 6.07) is 13.7. The lowest BCUT2D eigenvalue weighted by Gasteiger charge is -2.39. The second-order valence-electron chi connectivity index (χ2n) is 9.71. The third-order valence-corrected chi connectivity index (χ3v) is 7.01. The Bertz CT molecular complexity index is 991. The van der Waals surface area contributed by atoms with Crippen LogP contribution in [0.25, 0.3) is 6.08 Å². The summed E-state index contributed by atoms with van der Waals surface area (Å²) in [6.45, 7) is 7.19. The fraction of sp³-hybridized carbons (Fsp3) is 0.448. The van der Waals surface area contributed by atoms with Gasteiger partial charge < -0.3 is 4.90 Å². The molecule has 0 aromatic heterocycles. The fourth-order valence-electron chi connectivity index (χ4n) is 4.48. The molecule has 1 amide bonds. The third kappa shape index (κ3) is 6.89. The number of benzene rings is 2. The Labute approximate surface area is 207 Å². The van der Waals surface area contributed by atoms with E-state index in [1.54, 1.807) is 6.08 Å². The van der Waals surface area contributed by atoms with Gasteiger partial charge in [0.25, 0.3) is 0 Å². The van der Waals surface area contributed by atoms with Gasteiger partial charge in [0.15, 0.2) is 5.78 Å². The zero-order chi connectivity index (χ0) is 23.8. The number of hydrogen-bond acceptors (Lipinski definition) is 2. The van der Waals surface area contributed by atoms with E-state index in [0.29, 0.717) is 12.0 Å². The molecule has 3 rings (SSSR count). The van der Waals surface area contributed by atoms with E-state index in [-0.39, 0.29) is 17.1 Å². The van der Waals surface area contributed by atoms with Crippen LogP contribution < -0.4 is 4.90 Å². The number of rotatable bonds is 11. The minimum Gasteiger partial charge on any atom is -0.312 e. The van der Waals surface area contributed by atoms with Crippen LogP contribution in [0.15, 0.2) is 53.0 Å². The molecule has 176 valence electrons. The molecule has 0 saturated heterocycles. The summed E-state index contributed by atoms with van der Waals surface area (Å²) in [5.74, 6) is 0.166. The van der Waals surface area contributed by atoms with E-state index < -0.39 is 0 Å². The molecule has 33 heavy (non-hydrogen) atoms. The standard InChI is InChI=1S/C29H36BrNO2/c1-4-5-6-7-8-9-10-19-31-26-17-14-23(20-25(26)29(2,3)21-28(31)33)27(32)18-13-22-11-15-24(30)16-12-22/h11-18,20H,4-10,19,21H2,1-3H3/b18-13+. The number of carbonyl (C=O) groups excluding carboxylic acids is 2. The number of allylic oxidation sites excluding steroid dienone is 1. The van der Waals surface area contributed by atoms with Gasteiger partial charge in [0, 0.05) is 34.1 Å². The van der Waals surface area contributed by atoms with Crippen molar-refractivity contribution < 1.29 is 9.59 Å². The highest BCUT2D eigenvalue weighted by molar-refractivity contribution is 9.10. The Kier molecular flexibility index (Phi) is 9.08. The minimum atomic E-state index is -0.283. The third-order valence-electron chi connectivity index (χ3n) is 6.48. The molecule has 0 spiro atoms. The molecule has 0 N–H and O–H groups in total. The van der Waals surface area contributed by atoms with Gasteiger partial charge in [-0.05, 0) is 54.0 Å². The first-order valence-corrected chi connectivity index (χ1v) is 13.0. The fourth-order valence-corrected chi connectivity index (χ4v) is 4.75. The van der Waals surface area contributed by atoms with Gasteiger partial charge in [0.2, 0.25) is 5.91 Å². The zero-order valence-electron chi connectivity index (χ0n) is 20.2. The van der Waals surface area contributed by atoms with E-state index in [0.717, 1.165) is 40.7 Å². The van der Waals surface area contributed by atoms with E-state index in [2.05, 4.69) is 36.7 Å². The summed E-state index contributed by atoms with van der Waals surface area (Å²) in [7, 11) is 0. The number of nitrogens with zero attached hydrogens (tertiary/aromatic N) is 1. The van der Waals surface area contributed by atoms with Gasteiger partial charge in [-0.3, -0.25) is 9.59 Å². The second-order valence-corrected chi connectivity index (χ2v) is 10.6. The van der Waals surface area contributed by atoms with Crippen molar-refractivity contribution in [2.45, 2.75) is 77.6 Å². The SMILES string of the molecule is CCCCCCCCCN1C(=O)CC(C)(C)c2cc(C(=O)/C=C/c3ccc(Br)cc3)ccc21. The van der Waals surface area contributed by atoms with E-state index in [1.165, 1.54) is 32.1 Å². The number of ketones is 1. The van der Waals surface area contributed by atoms with Gasteiger partial charge in [-0.25, -0.2) is 0 Å². The lowest BCUT2D eigenvalue weighted by molar-refractivity contribution is -0.120. The summed E-state index contributed by atoms with van der Waals surface area (Å²) in [4.78, 5) is 27.7. The molecular weight excluding hydrogens is 474 g/mol. The van der Waals surface area contributed by atoms with Crippen LogP contribution in [0.3, 0.4) is 0 Å². The van der Waals surface area contributed by atoms with Crippen LogP contribution in [0.2, 0.25) is 0 Å². The van der Waals surface area contributed by atoms with Crippen LogP contribution in [0.5, 0.6) is 0 Å². The van der Waals surface area contributed by atoms with Gasteiger partial charge in [0.05, 0.1) is 0 Å². The minimum absolute atomic E-state index is 0.0213. The molecular formula is C29H36BrNO2. The highest BCUT2D eigenvalue weighted by atomic mass is 79.9. The van der Waals surface area contributed by atoms with E-state index in [4.69, 9.17) is 0 Å². The van der Waals surface area contributed by atoms with Crippen molar-refractivity contribution in [3.63, 3.8) is 0 Å². The van der Waals surface area contributed by atoms with Gasteiger partial charge in [-0.1, -0.05) is 93.4 Å². The Balaban J connectivity index is 1.71. The predicted molar refractivity (Wildman–Crippen MR) is 142 cm³/mol. The van der Waals surface area contributed by atoms with E-state index >= 15 is 0 Å². The van der Waals surface area contributed by atoms with Crippen LogP contribution in [0.4, 0.5) is 5.69 Å². The molecule has 0 bridgehead atoms. The Morgan fingerprint density at radius 2 is 1.67 bits per heavy atom. The maximum absolute atomic E-state index is 12.9. The summed E-state index contributed by atoms with van der Waals surface area (Å²) >= 11 is 3.43. The van der Waals surface area contributed by atoms with Gasteiger partial charge in [-0.2, -0.15) is 0 Å². The maximum Gasteiger partial charge on any atom is 0.227 e. The first-order valence-electron chi connectivity index (χ1n) is 12.2. The molecule has 0 fully saturated rings. The molecule has 2 aromatic rings. The summed E-state index contributed by atoms with van der Waals surface area (Å²) in [6.07, 6.45) is 12.5. The number of unbranched alkanes of at least 4 members (excludes halogenated alkanes) is 6. The predicted octanol–water partition coefficient (Wildman–Crippen LogP) is 8.11. The lowest BCUT2D eigenvalue weighted by Crippen LogP contribution is -2.42. The van der Waals surface area contributed by atoms with Crippen LogP contribution >= 0.6 is 15.9 Å². The molecule has 0 saturated carbocycles. The van der Waals surface area contributed by atoms with Crippen LogP contribution in [-0.2, 0) is 10.2 Å². The summed E-state index contributed by atoms with van der Waals surface area (Å²) < 4.78 is 1.01. The number of fused-ring (bicyclic) bond motifs is 1. The van der Waals surface area contributed by atoms with E-state index in [9.17, 15) is 9.59 Å². The topological polar surface area (TPSA) is 37.4 Å². The first-order chi connectivity index (χ1) is 15.8. The quantitative estimate of drug-likeness (QED) is 0.174. The molecule has 3 nitrogen and oxygen atoms in total. The van der Waals surface area contributed by atoms with Gasteiger partial charge in [-0.15, -0.1) is 0 Å². The van der Waals surface area contributed by atoms with Gasteiger partial charge in [0.1, 0.15) is 0 Å². The van der Waals surface area contributed by atoms with Crippen molar-refractivity contribution in [2.75, 3.05) is 11.4 Å². The molecule has 0 aliphatic carbocycles. The number of halogens is 1. The Hall–Kier alpha value is -2.20. The normalized spacial score (nSPS) is 15.2. The Morgan fingerprint density at radius 3 is 2.36 bits per heavy atom. The number of anilines is 1. The van der Waals surface area contributed by atoms with Crippen LogP contribution in [0.1, 0.15) is 93.6 Å². The lowest BCUT2D eigenvalue weighted by atomic mass is 9.76. The highest BCUT2D eigenvalue weighted by Gasteiger charge is 2.36. The second kappa shape index (κ2) is 11.8. The van der Waals surface area contributed by atoms with Crippen molar-refractivity contribution in [3.8, 4) is 0 Å². The van der Waals surface area contributed by atoms with Gasteiger partial charge >= 0.3 is 0 Å². The number of hydrogen-bond donors (Lipinski definition) is 0. The highest BCUT2D eigenvalue weighted by Crippen LogP contribution is 2.41. The molecule has 1 aliphatic rings. The zero-order valence-corrected chi connectivity index (χ0v) is 21.8. The summed E-state index contributed by atoms with van der Waals surface area (Å²) in [5, 5.41) is 0. The molecule has 4 heteroatoms. The van der Waals surface area contributed by atoms with Crippen molar-refractivity contribution >= 4 is 39.4 Å². The van der Waals surface area contributed by atoms with Crippen molar-refractivity contribution in [1.29, 1.82) is 0 Å². The molecule has 0 atom stereocenters. The van der Waals surface area contributed by atoms with Crippen molar-refractivity contribution in [1.82, 2.24) is 0 Å². The number of amides is 1. The first kappa shape index (κ1) is 25.4. The smallest absolute Gasteiger partial charge is 0.227 e. The average Bonchev–Trinajstić information content (AvgIpc) is 2.79. The van der Waals surface area contributed by atoms with Crippen LogP contribution in [0, 0.1) is 0 Å². The maximum atomic E-state index is 12.9. The van der Waals surface area contributed by atoms with E-state index in [1.807, 2.05) is 53.4 Å². The largest absolute Gasteiger partial charge is 0.312 e. The average molecular weight is 511 g/mol. The molecule has 1 heterocycles. The Morgan fingerprint density at radius 1 is 1.00 bits per heavy atom. The molecule has 0 radical (unpaired) electrons. The molecule has 0 unspecified atom stereocenters. The van der Waals surface area contributed by atoms with Crippen molar-refractivity contribution in [2.24, 2.45) is 0 Å². The summed E-state index contributed by atoms with van der Waals surface area (Å²) in [5.41, 5.74) is 3.43.